The first-order chi connectivity index (χ1) is 16.5. The SMILES string of the molecule is C=CS(=O)(=O)CCNc1nc(Nc2ccc(S(=O)(=O)O)c(N)c2)nc(Nc2ccccc2CC)n1. The molecule has 0 saturated carbocycles. The first kappa shape index (κ1) is 25.9. The second kappa shape index (κ2) is 10.7. The largest absolute Gasteiger partial charge is 0.398 e. The molecule has 0 unspecified atom stereocenters. The van der Waals surface area contributed by atoms with E-state index in [9.17, 15) is 21.4 Å². The summed E-state index contributed by atoms with van der Waals surface area (Å²) in [6.07, 6.45) is 0.767. The zero-order valence-corrected chi connectivity index (χ0v) is 20.4. The van der Waals surface area contributed by atoms with Crippen molar-refractivity contribution in [3.63, 3.8) is 0 Å². The molecule has 12 nitrogen and oxygen atoms in total. The Bertz CT molecular complexity index is 1440. The van der Waals surface area contributed by atoms with Gasteiger partial charge in [0, 0.05) is 23.3 Å². The van der Waals surface area contributed by atoms with Gasteiger partial charge in [-0.15, -0.1) is 0 Å². The van der Waals surface area contributed by atoms with E-state index in [1.54, 1.807) is 0 Å². The minimum Gasteiger partial charge on any atom is -0.398 e. The lowest BCUT2D eigenvalue weighted by Gasteiger charge is -2.13. The van der Waals surface area contributed by atoms with Crippen LogP contribution in [-0.2, 0) is 26.4 Å². The summed E-state index contributed by atoms with van der Waals surface area (Å²) in [5, 5.41) is 9.77. The third-order valence-corrected chi connectivity index (χ3v) is 6.96. The summed E-state index contributed by atoms with van der Waals surface area (Å²) in [6, 6.07) is 11.4. The van der Waals surface area contributed by atoms with Gasteiger partial charge in [0.05, 0.1) is 11.4 Å². The number of aromatic nitrogens is 3. The number of para-hydroxylation sites is 1. The Hall–Kier alpha value is -3.75. The maximum Gasteiger partial charge on any atom is 0.296 e. The summed E-state index contributed by atoms with van der Waals surface area (Å²) >= 11 is 0. The summed E-state index contributed by atoms with van der Waals surface area (Å²) in [7, 11) is -7.89. The summed E-state index contributed by atoms with van der Waals surface area (Å²) in [4.78, 5) is 12.5. The number of hydrogen-bond acceptors (Lipinski definition) is 11. The quantitative estimate of drug-likeness (QED) is 0.184. The van der Waals surface area contributed by atoms with E-state index in [2.05, 4.69) is 37.5 Å². The van der Waals surface area contributed by atoms with Gasteiger partial charge in [-0.05, 0) is 36.2 Å². The second-order valence-corrected chi connectivity index (χ2v) is 10.7. The zero-order valence-electron chi connectivity index (χ0n) is 18.8. The predicted molar refractivity (Wildman–Crippen MR) is 135 cm³/mol. The van der Waals surface area contributed by atoms with Gasteiger partial charge in [0.25, 0.3) is 10.1 Å². The molecule has 0 spiro atoms. The van der Waals surface area contributed by atoms with Crippen molar-refractivity contribution >= 4 is 54.9 Å². The molecule has 0 aliphatic rings. The van der Waals surface area contributed by atoms with Crippen molar-refractivity contribution in [2.45, 2.75) is 18.2 Å². The summed E-state index contributed by atoms with van der Waals surface area (Å²) < 4.78 is 55.4. The van der Waals surface area contributed by atoms with Crippen LogP contribution in [0.15, 0.2) is 59.3 Å². The minimum absolute atomic E-state index is 0.0266. The third-order valence-electron chi connectivity index (χ3n) is 4.75. The molecule has 3 aromatic rings. The van der Waals surface area contributed by atoms with Gasteiger partial charge >= 0.3 is 0 Å². The monoisotopic (exact) mass is 519 g/mol. The van der Waals surface area contributed by atoms with Crippen LogP contribution < -0.4 is 21.7 Å². The molecule has 35 heavy (non-hydrogen) atoms. The van der Waals surface area contributed by atoms with Gasteiger partial charge < -0.3 is 21.7 Å². The fourth-order valence-electron chi connectivity index (χ4n) is 3.02. The lowest BCUT2D eigenvalue weighted by molar-refractivity contribution is 0.483. The maximum absolute atomic E-state index is 11.7. The van der Waals surface area contributed by atoms with Crippen LogP contribution >= 0.6 is 0 Å². The van der Waals surface area contributed by atoms with Crippen LogP contribution in [0, 0.1) is 0 Å². The molecule has 3 rings (SSSR count). The van der Waals surface area contributed by atoms with E-state index in [4.69, 9.17) is 5.73 Å². The Balaban J connectivity index is 1.92. The third kappa shape index (κ3) is 7.11. The van der Waals surface area contributed by atoms with Gasteiger partial charge in [-0.25, -0.2) is 8.42 Å². The lowest BCUT2D eigenvalue weighted by Crippen LogP contribution is -2.16. The van der Waals surface area contributed by atoms with E-state index in [0.29, 0.717) is 5.69 Å². The van der Waals surface area contributed by atoms with E-state index in [1.165, 1.54) is 12.1 Å². The summed E-state index contributed by atoms with van der Waals surface area (Å²) in [5.41, 5.74) is 7.75. The highest BCUT2D eigenvalue weighted by Gasteiger charge is 2.15. The standard InChI is InChI=1S/C21H25N7O5S2/c1-3-14-7-5-6-8-17(14)25-21-27-19(23-11-12-34(29,30)4-2)26-20(28-21)24-15-9-10-18(16(22)13-15)35(31,32)33/h4-10,13H,2-3,11-12,22H2,1H3,(H,31,32,33)(H3,23,24,25,26,27,28). The Labute approximate surface area is 203 Å². The van der Waals surface area contributed by atoms with Crippen LogP contribution in [0.5, 0.6) is 0 Å². The highest BCUT2D eigenvalue weighted by atomic mass is 32.2. The zero-order chi connectivity index (χ0) is 25.6. The molecule has 6 N–H and O–H groups in total. The van der Waals surface area contributed by atoms with E-state index in [1.807, 2.05) is 31.2 Å². The number of aryl methyl sites for hydroxylation is 1. The number of nitrogens with zero attached hydrogens (tertiary/aromatic N) is 3. The van der Waals surface area contributed by atoms with Crippen molar-refractivity contribution in [1.29, 1.82) is 0 Å². The molecule has 2 aromatic carbocycles. The van der Waals surface area contributed by atoms with Crippen LogP contribution in [0.2, 0.25) is 0 Å². The molecular formula is C21H25N7O5S2. The van der Waals surface area contributed by atoms with Crippen molar-refractivity contribution in [1.82, 2.24) is 15.0 Å². The van der Waals surface area contributed by atoms with Gasteiger partial charge in [0.15, 0.2) is 9.84 Å². The summed E-state index contributed by atoms with van der Waals surface area (Å²) in [5.74, 6) is 0.144. The van der Waals surface area contributed by atoms with Crippen LogP contribution in [0.25, 0.3) is 0 Å². The molecule has 0 aliphatic heterocycles. The Morgan fingerprint density at radius 3 is 2.29 bits per heavy atom. The molecule has 1 heterocycles. The smallest absolute Gasteiger partial charge is 0.296 e. The fraction of sp³-hybridized carbons (Fsp3) is 0.190. The van der Waals surface area contributed by atoms with E-state index in [-0.39, 0.29) is 35.8 Å². The number of anilines is 6. The summed E-state index contributed by atoms with van der Waals surface area (Å²) in [6.45, 7) is 5.32. The molecule has 0 atom stereocenters. The highest BCUT2D eigenvalue weighted by Crippen LogP contribution is 2.25. The number of nitrogens with two attached hydrogens (primary N) is 1. The van der Waals surface area contributed by atoms with Gasteiger partial charge in [0.1, 0.15) is 4.90 Å². The highest BCUT2D eigenvalue weighted by molar-refractivity contribution is 7.94. The number of hydrogen-bond donors (Lipinski definition) is 5. The van der Waals surface area contributed by atoms with Crippen LogP contribution in [0.1, 0.15) is 12.5 Å². The van der Waals surface area contributed by atoms with Gasteiger partial charge in [0.2, 0.25) is 17.8 Å². The number of nitrogens with one attached hydrogen (secondary N) is 3. The van der Waals surface area contributed by atoms with Gasteiger partial charge in [-0.1, -0.05) is 31.7 Å². The van der Waals surface area contributed by atoms with Crippen molar-refractivity contribution in [2.75, 3.05) is 34.0 Å². The molecule has 14 heteroatoms. The molecule has 0 aliphatic carbocycles. The molecule has 0 amide bonds. The fourth-order valence-corrected chi connectivity index (χ4v) is 4.17. The molecule has 0 fully saturated rings. The maximum atomic E-state index is 11.7. The Morgan fingerprint density at radius 2 is 1.66 bits per heavy atom. The van der Waals surface area contributed by atoms with Crippen LogP contribution in [0.3, 0.4) is 0 Å². The van der Waals surface area contributed by atoms with Crippen molar-refractivity contribution < 1.29 is 21.4 Å². The predicted octanol–water partition coefficient (Wildman–Crippen LogP) is 2.72. The molecule has 186 valence electrons. The van der Waals surface area contributed by atoms with Crippen molar-refractivity contribution in [2.24, 2.45) is 0 Å². The average molecular weight is 520 g/mol. The average Bonchev–Trinajstić information content (AvgIpc) is 2.78. The van der Waals surface area contributed by atoms with E-state index >= 15 is 0 Å². The first-order valence-electron chi connectivity index (χ1n) is 10.3. The number of nitrogen functional groups attached to an aromatic ring is 1. The topological polar surface area (TPSA) is 189 Å². The lowest BCUT2D eigenvalue weighted by atomic mass is 10.1. The first-order valence-corrected chi connectivity index (χ1v) is 13.5. The molecule has 0 radical (unpaired) electrons. The number of benzene rings is 2. The minimum atomic E-state index is -4.47. The molecular weight excluding hydrogens is 494 g/mol. The number of rotatable bonds is 11. The van der Waals surface area contributed by atoms with Crippen molar-refractivity contribution in [3.05, 3.63) is 60.0 Å². The molecule has 0 bridgehead atoms. The van der Waals surface area contributed by atoms with Gasteiger partial charge in [-0.2, -0.15) is 23.4 Å². The normalized spacial score (nSPS) is 11.6. The molecule has 0 saturated heterocycles. The van der Waals surface area contributed by atoms with Gasteiger partial charge in [-0.3, -0.25) is 4.55 Å². The van der Waals surface area contributed by atoms with E-state index in [0.717, 1.165) is 29.1 Å². The van der Waals surface area contributed by atoms with Crippen LogP contribution in [-0.4, -0.2) is 48.6 Å². The second-order valence-electron chi connectivity index (χ2n) is 7.26. The van der Waals surface area contributed by atoms with E-state index < -0.39 is 24.9 Å². The Kier molecular flexibility index (Phi) is 7.89. The van der Waals surface area contributed by atoms with Crippen LogP contribution in [0.4, 0.5) is 34.9 Å². The Morgan fingerprint density at radius 1 is 1.00 bits per heavy atom. The molecule has 1 aromatic heterocycles. The number of sulfone groups is 1. The van der Waals surface area contributed by atoms with Crippen molar-refractivity contribution in [3.8, 4) is 0 Å².